The van der Waals surface area contributed by atoms with Gasteiger partial charge in [-0.1, -0.05) is 18.2 Å². The van der Waals surface area contributed by atoms with Crippen molar-refractivity contribution < 1.29 is 18.7 Å². The van der Waals surface area contributed by atoms with Crippen molar-refractivity contribution in [3.05, 3.63) is 46.8 Å². The number of halogens is 1. The SMILES string of the molecule is COc1c(C)c(-c2nc(N)c3c(n2)NC(=O)C3(C)C(N)=O)nn1Cc1ccccc1F. The maximum absolute atomic E-state index is 14.1. The zero-order valence-electron chi connectivity index (χ0n) is 17.1. The van der Waals surface area contributed by atoms with Crippen LogP contribution >= 0.6 is 0 Å². The third-order valence-electron chi connectivity index (χ3n) is 5.43. The molecule has 1 unspecified atom stereocenters. The second-order valence-corrected chi connectivity index (χ2v) is 7.33. The molecule has 1 aromatic carbocycles. The fourth-order valence-electron chi connectivity index (χ4n) is 3.65. The minimum Gasteiger partial charge on any atom is -0.481 e. The Bertz CT molecular complexity index is 1240. The van der Waals surface area contributed by atoms with Gasteiger partial charge in [0.1, 0.15) is 23.1 Å². The number of rotatable bonds is 5. The van der Waals surface area contributed by atoms with Gasteiger partial charge >= 0.3 is 0 Å². The number of amides is 2. The summed E-state index contributed by atoms with van der Waals surface area (Å²) >= 11 is 0. The molecule has 3 heterocycles. The first kappa shape index (κ1) is 20.3. The Morgan fingerprint density at radius 3 is 2.68 bits per heavy atom. The van der Waals surface area contributed by atoms with Gasteiger partial charge in [-0.15, -0.1) is 0 Å². The summed E-state index contributed by atoms with van der Waals surface area (Å²) in [6, 6.07) is 6.34. The van der Waals surface area contributed by atoms with Crippen molar-refractivity contribution >= 4 is 23.5 Å². The van der Waals surface area contributed by atoms with Crippen LogP contribution < -0.4 is 21.5 Å². The van der Waals surface area contributed by atoms with Gasteiger partial charge in [0, 0.05) is 11.1 Å². The topological polar surface area (TPSA) is 151 Å². The molecular weight excluding hydrogens is 405 g/mol. The van der Waals surface area contributed by atoms with Crippen LogP contribution in [0.25, 0.3) is 11.5 Å². The van der Waals surface area contributed by atoms with Crippen LogP contribution in [0, 0.1) is 12.7 Å². The van der Waals surface area contributed by atoms with Gasteiger partial charge in [-0.3, -0.25) is 9.59 Å². The zero-order chi connectivity index (χ0) is 22.5. The van der Waals surface area contributed by atoms with Gasteiger partial charge in [-0.25, -0.2) is 19.0 Å². The number of carbonyl (C=O) groups is 2. The molecule has 0 spiro atoms. The molecule has 3 aromatic rings. The number of ether oxygens (including phenoxy) is 1. The number of hydrogen-bond acceptors (Lipinski definition) is 7. The normalized spacial score (nSPS) is 17.4. The number of primary amides is 1. The lowest BCUT2D eigenvalue weighted by molar-refractivity contribution is -0.131. The molecule has 0 saturated carbocycles. The Balaban J connectivity index is 1.82. The average Bonchev–Trinajstić information content (AvgIpc) is 3.17. The van der Waals surface area contributed by atoms with Crippen molar-refractivity contribution in [1.82, 2.24) is 19.7 Å². The highest BCUT2D eigenvalue weighted by molar-refractivity contribution is 6.20. The highest BCUT2D eigenvalue weighted by atomic mass is 19.1. The molecule has 2 amide bonds. The number of aromatic nitrogens is 4. The van der Waals surface area contributed by atoms with Gasteiger partial charge < -0.3 is 21.5 Å². The van der Waals surface area contributed by atoms with Crippen LogP contribution in [0.15, 0.2) is 24.3 Å². The summed E-state index contributed by atoms with van der Waals surface area (Å²) in [6.07, 6.45) is 0. The zero-order valence-corrected chi connectivity index (χ0v) is 17.1. The molecule has 0 fully saturated rings. The summed E-state index contributed by atoms with van der Waals surface area (Å²) in [7, 11) is 1.47. The summed E-state index contributed by atoms with van der Waals surface area (Å²) in [6.45, 7) is 3.23. The third-order valence-corrected chi connectivity index (χ3v) is 5.43. The Morgan fingerprint density at radius 1 is 1.32 bits per heavy atom. The van der Waals surface area contributed by atoms with Gasteiger partial charge in [-0.05, 0) is 19.9 Å². The fraction of sp³-hybridized carbons (Fsp3) is 0.250. The molecular formula is C20H20FN7O3. The number of benzene rings is 1. The number of carbonyl (C=O) groups excluding carboxylic acids is 2. The molecule has 2 aromatic heterocycles. The molecule has 10 nitrogen and oxygen atoms in total. The van der Waals surface area contributed by atoms with Crippen LogP contribution in [-0.2, 0) is 21.5 Å². The molecule has 0 aliphatic carbocycles. The van der Waals surface area contributed by atoms with Crippen LogP contribution in [-0.4, -0.2) is 38.7 Å². The molecule has 160 valence electrons. The first-order valence-corrected chi connectivity index (χ1v) is 9.33. The number of nitrogen functional groups attached to an aromatic ring is 1. The van der Waals surface area contributed by atoms with Gasteiger partial charge in [0.25, 0.3) is 0 Å². The van der Waals surface area contributed by atoms with Crippen LogP contribution in [0.3, 0.4) is 0 Å². The first-order valence-electron chi connectivity index (χ1n) is 9.33. The number of hydrogen-bond donors (Lipinski definition) is 3. The van der Waals surface area contributed by atoms with E-state index < -0.39 is 17.2 Å². The molecule has 0 saturated heterocycles. The van der Waals surface area contributed by atoms with Gasteiger partial charge in [-0.2, -0.15) is 5.10 Å². The first-order chi connectivity index (χ1) is 14.7. The fourth-order valence-corrected chi connectivity index (χ4v) is 3.65. The summed E-state index contributed by atoms with van der Waals surface area (Å²) in [4.78, 5) is 32.9. The van der Waals surface area contributed by atoms with E-state index in [1.165, 1.54) is 24.8 Å². The lowest BCUT2D eigenvalue weighted by Gasteiger charge is -2.18. The number of methoxy groups -OCH3 is 1. The van der Waals surface area contributed by atoms with Gasteiger partial charge in [0.15, 0.2) is 11.2 Å². The molecule has 11 heteroatoms. The number of anilines is 2. The van der Waals surface area contributed by atoms with Crippen LogP contribution in [0.5, 0.6) is 5.88 Å². The Morgan fingerprint density at radius 2 is 2.03 bits per heavy atom. The van der Waals surface area contributed by atoms with Gasteiger partial charge in [0.2, 0.25) is 17.7 Å². The van der Waals surface area contributed by atoms with Crippen molar-refractivity contribution in [3.8, 4) is 17.4 Å². The standard InChI is InChI=1S/C20H20FN7O3/c1-9-13(27-28(17(9)31-3)8-10-6-4-5-7-11(10)21)16-24-14(22)12-15(25-16)26-19(30)20(12,2)18(23)29/h4-7H,8H2,1-3H3,(H2,23,29)(H3,22,24,25,26,30). The van der Waals surface area contributed by atoms with E-state index in [4.69, 9.17) is 16.2 Å². The number of fused-ring (bicyclic) bond motifs is 1. The van der Waals surface area contributed by atoms with Crippen LogP contribution in [0.1, 0.15) is 23.6 Å². The maximum atomic E-state index is 14.1. The highest BCUT2D eigenvalue weighted by Gasteiger charge is 2.51. The molecule has 0 radical (unpaired) electrons. The summed E-state index contributed by atoms with van der Waals surface area (Å²) in [5, 5.41) is 7.02. The Labute approximate surface area is 176 Å². The predicted molar refractivity (Wildman–Crippen MR) is 110 cm³/mol. The van der Waals surface area contributed by atoms with E-state index in [9.17, 15) is 14.0 Å². The average molecular weight is 425 g/mol. The van der Waals surface area contributed by atoms with E-state index in [0.29, 0.717) is 22.7 Å². The summed E-state index contributed by atoms with van der Waals surface area (Å²) in [5.74, 6) is -1.32. The van der Waals surface area contributed by atoms with Crippen molar-refractivity contribution in [2.45, 2.75) is 25.8 Å². The van der Waals surface area contributed by atoms with E-state index in [1.54, 1.807) is 25.1 Å². The largest absolute Gasteiger partial charge is 0.481 e. The third kappa shape index (κ3) is 2.97. The highest BCUT2D eigenvalue weighted by Crippen LogP contribution is 2.41. The number of nitrogens with zero attached hydrogens (tertiary/aromatic N) is 4. The van der Waals surface area contributed by atoms with Crippen molar-refractivity contribution in [2.75, 3.05) is 18.2 Å². The van der Waals surface area contributed by atoms with Crippen molar-refractivity contribution in [1.29, 1.82) is 0 Å². The predicted octanol–water partition coefficient (Wildman–Crippen LogP) is 1.12. The minimum atomic E-state index is -1.67. The van der Waals surface area contributed by atoms with Gasteiger partial charge in [0.05, 0.1) is 19.2 Å². The van der Waals surface area contributed by atoms with Crippen LogP contribution in [0.2, 0.25) is 0 Å². The van der Waals surface area contributed by atoms with E-state index in [1.807, 2.05) is 0 Å². The molecule has 4 rings (SSSR count). The van der Waals surface area contributed by atoms with E-state index >= 15 is 0 Å². The monoisotopic (exact) mass is 425 g/mol. The maximum Gasteiger partial charge on any atom is 0.245 e. The van der Waals surface area contributed by atoms with E-state index in [2.05, 4.69) is 20.4 Å². The molecule has 31 heavy (non-hydrogen) atoms. The summed E-state index contributed by atoms with van der Waals surface area (Å²) in [5.41, 5.74) is 11.3. The quantitative estimate of drug-likeness (QED) is 0.518. The second kappa shape index (κ2) is 7.04. The lowest BCUT2D eigenvalue weighted by atomic mass is 9.84. The number of nitrogens with one attached hydrogen (secondary N) is 1. The summed E-state index contributed by atoms with van der Waals surface area (Å²) < 4.78 is 21.1. The van der Waals surface area contributed by atoms with Crippen molar-refractivity contribution in [3.63, 3.8) is 0 Å². The van der Waals surface area contributed by atoms with Crippen LogP contribution in [0.4, 0.5) is 16.0 Å². The lowest BCUT2D eigenvalue weighted by Crippen LogP contribution is -2.44. The molecule has 1 aliphatic heterocycles. The Hall–Kier alpha value is -4.02. The molecule has 5 N–H and O–H groups in total. The molecule has 0 bridgehead atoms. The smallest absolute Gasteiger partial charge is 0.245 e. The Kier molecular flexibility index (Phi) is 4.60. The second-order valence-electron chi connectivity index (χ2n) is 7.33. The number of nitrogens with two attached hydrogens (primary N) is 2. The van der Waals surface area contributed by atoms with E-state index in [0.717, 1.165) is 0 Å². The molecule has 1 aliphatic rings. The van der Waals surface area contributed by atoms with E-state index in [-0.39, 0.29) is 35.4 Å². The van der Waals surface area contributed by atoms with Crippen molar-refractivity contribution in [2.24, 2.45) is 5.73 Å². The molecule has 1 atom stereocenters. The minimum absolute atomic E-state index is 0.0679.